The van der Waals surface area contributed by atoms with Gasteiger partial charge in [0, 0.05) is 0 Å². The highest BCUT2D eigenvalue weighted by molar-refractivity contribution is 5.90. The van der Waals surface area contributed by atoms with Crippen LogP contribution in [0, 0.1) is 23.7 Å². The Hall–Kier alpha value is -1.53. The Balaban J connectivity index is 1.55. The fraction of sp³-hybridized carbons (Fsp3) is 0.765. The molecule has 0 amide bonds. The lowest BCUT2D eigenvalue weighted by atomic mass is 9.50. The summed E-state index contributed by atoms with van der Waals surface area (Å²) in [4.78, 5) is 23.3. The molecule has 4 rings (SSSR count). The van der Waals surface area contributed by atoms with E-state index in [1.54, 1.807) is 0 Å². The van der Waals surface area contributed by atoms with Gasteiger partial charge >= 0.3 is 18.1 Å². The molecule has 0 aromatic heterocycles. The number of esters is 2. The first-order chi connectivity index (χ1) is 11.1. The average Bonchev–Trinajstić information content (AvgIpc) is 2.48. The molecule has 4 aliphatic rings. The van der Waals surface area contributed by atoms with Gasteiger partial charge in [-0.1, -0.05) is 6.58 Å². The Morgan fingerprint density at radius 2 is 1.58 bits per heavy atom. The van der Waals surface area contributed by atoms with Gasteiger partial charge < -0.3 is 9.47 Å². The van der Waals surface area contributed by atoms with Crippen molar-refractivity contribution in [1.29, 1.82) is 0 Å². The second kappa shape index (κ2) is 5.77. The van der Waals surface area contributed by atoms with Crippen LogP contribution in [0.2, 0.25) is 0 Å². The highest BCUT2D eigenvalue weighted by Gasteiger charge is 2.57. The highest BCUT2D eigenvalue weighted by atomic mass is 19.4. The summed E-state index contributed by atoms with van der Waals surface area (Å²) in [6, 6.07) is 0. The third kappa shape index (κ3) is 3.05. The van der Waals surface area contributed by atoms with E-state index in [0.717, 1.165) is 25.7 Å². The molecule has 7 heteroatoms. The maximum absolute atomic E-state index is 12.3. The minimum Gasteiger partial charge on any atom is -0.456 e. The molecule has 0 heterocycles. The van der Waals surface area contributed by atoms with Crippen molar-refractivity contribution in [2.75, 3.05) is 6.61 Å². The van der Waals surface area contributed by atoms with Crippen molar-refractivity contribution in [3.63, 3.8) is 0 Å². The zero-order chi connectivity index (χ0) is 17.7. The lowest BCUT2D eigenvalue weighted by Crippen LogP contribution is -2.58. The molecule has 4 bridgehead atoms. The van der Waals surface area contributed by atoms with E-state index in [9.17, 15) is 22.8 Å². The topological polar surface area (TPSA) is 52.6 Å². The van der Waals surface area contributed by atoms with Crippen molar-refractivity contribution < 1.29 is 32.2 Å². The van der Waals surface area contributed by atoms with E-state index in [0.29, 0.717) is 23.7 Å². The van der Waals surface area contributed by atoms with Gasteiger partial charge in [-0.2, -0.15) is 13.2 Å². The average molecular weight is 346 g/mol. The van der Waals surface area contributed by atoms with E-state index < -0.39 is 35.9 Å². The number of carbonyl (C=O) groups excluding carboxylic acids is 2. The molecule has 0 N–H and O–H groups in total. The molecule has 0 aromatic rings. The molecule has 0 aliphatic heterocycles. The first kappa shape index (κ1) is 17.3. The second-order valence-electron chi connectivity index (χ2n) is 7.51. The SMILES string of the molecule is C=C(C(=O)OCC(=O)OC1(C)C2CC3CC(C2)CC1C3)C(F)(F)F. The Morgan fingerprint density at radius 3 is 2.04 bits per heavy atom. The molecule has 0 radical (unpaired) electrons. The number of carbonyl (C=O) groups is 2. The number of rotatable bonds is 4. The standard InChI is InChI=1S/C17H21F3O4/c1-9(17(18,19)20)15(22)23-8-14(21)24-16(2)12-4-10-3-11(6-12)7-13(16)5-10/h10-13H,1,3-8H2,2H3. The highest BCUT2D eigenvalue weighted by Crippen LogP contribution is 2.59. The predicted octanol–water partition coefficient (Wildman–Crippen LogP) is 3.41. The lowest BCUT2D eigenvalue weighted by Gasteiger charge is -2.59. The maximum atomic E-state index is 12.3. The first-order valence-corrected chi connectivity index (χ1v) is 8.24. The third-order valence-corrected chi connectivity index (χ3v) is 6.00. The smallest absolute Gasteiger partial charge is 0.422 e. The van der Waals surface area contributed by atoms with Crippen LogP contribution in [0.25, 0.3) is 0 Å². The summed E-state index contributed by atoms with van der Waals surface area (Å²) in [6.07, 6.45) is 0.508. The molecule has 0 spiro atoms. The normalized spacial score (nSPS) is 37.2. The fourth-order valence-corrected chi connectivity index (χ4v) is 4.89. The molecular formula is C17H21F3O4. The van der Waals surface area contributed by atoms with E-state index in [1.165, 1.54) is 6.42 Å². The Labute approximate surface area is 138 Å². The molecule has 4 aliphatic carbocycles. The molecular weight excluding hydrogens is 325 g/mol. The van der Waals surface area contributed by atoms with Gasteiger partial charge in [0.2, 0.25) is 0 Å². The minimum atomic E-state index is -4.87. The summed E-state index contributed by atoms with van der Waals surface area (Å²) in [6.45, 7) is 3.73. The van der Waals surface area contributed by atoms with Gasteiger partial charge in [0.15, 0.2) is 6.61 Å². The molecule has 4 saturated carbocycles. The van der Waals surface area contributed by atoms with Crippen LogP contribution >= 0.6 is 0 Å². The summed E-state index contributed by atoms with van der Waals surface area (Å²) >= 11 is 0. The van der Waals surface area contributed by atoms with Crippen LogP contribution in [0.3, 0.4) is 0 Å². The van der Waals surface area contributed by atoms with Crippen LogP contribution in [-0.2, 0) is 19.1 Å². The Bertz CT molecular complexity index is 539. The van der Waals surface area contributed by atoms with Crippen LogP contribution in [0.1, 0.15) is 39.0 Å². The van der Waals surface area contributed by atoms with E-state index in [1.807, 2.05) is 6.92 Å². The number of halogens is 3. The molecule has 24 heavy (non-hydrogen) atoms. The summed E-state index contributed by atoms with van der Waals surface area (Å²) in [5, 5.41) is 0. The summed E-state index contributed by atoms with van der Waals surface area (Å²) < 4.78 is 47.0. The van der Waals surface area contributed by atoms with Gasteiger partial charge in [-0.05, 0) is 62.7 Å². The molecule has 0 unspecified atom stereocenters. The van der Waals surface area contributed by atoms with Crippen molar-refractivity contribution in [2.45, 2.75) is 50.8 Å². The van der Waals surface area contributed by atoms with Gasteiger partial charge in [0.05, 0.1) is 0 Å². The van der Waals surface area contributed by atoms with Crippen molar-refractivity contribution in [3.8, 4) is 0 Å². The van der Waals surface area contributed by atoms with Gasteiger partial charge in [-0.25, -0.2) is 9.59 Å². The van der Waals surface area contributed by atoms with Gasteiger partial charge in [-0.3, -0.25) is 0 Å². The van der Waals surface area contributed by atoms with Crippen LogP contribution in [0.4, 0.5) is 13.2 Å². The third-order valence-electron chi connectivity index (χ3n) is 6.00. The monoisotopic (exact) mass is 346 g/mol. The number of alkyl halides is 3. The molecule has 4 nitrogen and oxygen atoms in total. The lowest BCUT2D eigenvalue weighted by molar-refractivity contribution is -0.207. The predicted molar refractivity (Wildman–Crippen MR) is 77.7 cm³/mol. The first-order valence-electron chi connectivity index (χ1n) is 8.24. The van der Waals surface area contributed by atoms with Crippen molar-refractivity contribution in [2.24, 2.45) is 23.7 Å². The largest absolute Gasteiger partial charge is 0.456 e. The zero-order valence-corrected chi connectivity index (χ0v) is 13.5. The van der Waals surface area contributed by atoms with Crippen LogP contribution in [-0.4, -0.2) is 30.3 Å². The van der Waals surface area contributed by atoms with Crippen molar-refractivity contribution in [1.82, 2.24) is 0 Å². The van der Waals surface area contributed by atoms with E-state index in [-0.39, 0.29) is 0 Å². The van der Waals surface area contributed by atoms with E-state index in [2.05, 4.69) is 11.3 Å². The molecule has 4 fully saturated rings. The fourth-order valence-electron chi connectivity index (χ4n) is 4.89. The number of hydrogen-bond acceptors (Lipinski definition) is 4. The molecule has 134 valence electrons. The Morgan fingerprint density at radius 1 is 1.08 bits per heavy atom. The molecule has 0 atom stereocenters. The van der Waals surface area contributed by atoms with Crippen molar-refractivity contribution in [3.05, 3.63) is 12.2 Å². The van der Waals surface area contributed by atoms with Crippen molar-refractivity contribution >= 4 is 11.9 Å². The van der Waals surface area contributed by atoms with Crippen LogP contribution < -0.4 is 0 Å². The second-order valence-corrected chi connectivity index (χ2v) is 7.51. The molecule has 0 aromatic carbocycles. The van der Waals surface area contributed by atoms with Crippen LogP contribution in [0.5, 0.6) is 0 Å². The Kier molecular flexibility index (Phi) is 4.16. The summed E-state index contributed by atoms with van der Waals surface area (Å²) in [5.41, 5.74) is -2.23. The quantitative estimate of drug-likeness (QED) is 0.578. The van der Waals surface area contributed by atoms with E-state index >= 15 is 0 Å². The summed E-state index contributed by atoms with van der Waals surface area (Å²) in [5.74, 6) is -0.459. The van der Waals surface area contributed by atoms with Gasteiger partial charge in [0.1, 0.15) is 11.2 Å². The van der Waals surface area contributed by atoms with Gasteiger partial charge in [0.25, 0.3) is 0 Å². The zero-order valence-electron chi connectivity index (χ0n) is 13.5. The maximum Gasteiger partial charge on any atom is 0.422 e. The van der Waals surface area contributed by atoms with E-state index in [4.69, 9.17) is 4.74 Å². The number of hydrogen-bond donors (Lipinski definition) is 0. The molecule has 0 saturated heterocycles. The van der Waals surface area contributed by atoms with Gasteiger partial charge in [-0.15, -0.1) is 0 Å². The van der Waals surface area contributed by atoms with Crippen LogP contribution in [0.15, 0.2) is 12.2 Å². The number of ether oxygens (including phenoxy) is 2. The minimum absolute atomic E-state index is 0.290. The summed E-state index contributed by atoms with van der Waals surface area (Å²) in [7, 11) is 0.